The molecule has 0 N–H and O–H groups in total. The lowest BCUT2D eigenvalue weighted by atomic mass is 10.5. The standard InChI is InChI=1S/C7H6N4O/c1-5-10-7(11-12-5)6-8-3-2-4-9-6/h2-4H,1H3. The number of rotatable bonds is 1. The summed E-state index contributed by atoms with van der Waals surface area (Å²) < 4.78 is 4.78. The molecule has 0 amide bonds. The second-order valence-corrected chi connectivity index (χ2v) is 2.21. The Morgan fingerprint density at radius 1 is 1.17 bits per heavy atom. The van der Waals surface area contributed by atoms with E-state index in [9.17, 15) is 0 Å². The molecule has 0 spiro atoms. The van der Waals surface area contributed by atoms with E-state index in [1.807, 2.05) is 0 Å². The molecule has 0 aliphatic heterocycles. The van der Waals surface area contributed by atoms with Crippen molar-refractivity contribution >= 4 is 0 Å². The lowest BCUT2D eigenvalue weighted by molar-refractivity contribution is 0.394. The fourth-order valence-corrected chi connectivity index (χ4v) is 0.805. The molecule has 5 nitrogen and oxygen atoms in total. The summed E-state index contributed by atoms with van der Waals surface area (Å²) in [5.74, 6) is 1.42. The van der Waals surface area contributed by atoms with Gasteiger partial charge < -0.3 is 4.52 Å². The third-order valence-corrected chi connectivity index (χ3v) is 1.29. The van der Waals surface area contributed by atoms with E-state index < -0.39 is 0 Å². The molecule has 60 valence electrons. The van der Waals surface area contributed by atoms with Gasteiger partial charge in [-0.05, 0) is 6.07 Å². The Morgan fingerprint density at radius 3 is 2.50 bits per heavy atom. The molecule has 2 rings (SSSR count). The first-order valence-electron chi connectivity index (χ1n) is 3.44. The van der Waals surface area contributed by atoms with Gasteiger partial charge in [0, 0.05) is 19.3 Å². The molecule has 0 fully saturated rings. The van der Waals surface area contributed by atoms with Gasteiger partial charge in [-0.3, -0.25) is 0 Å². The molecule has 2 aromatic heterocycles. The predicted octanol–water partition coefficient (Wildman–Crippen LogP) is 0.835. The van der Waals surface area contributed by atoms with Crippen LogP contribution in [0.25, 0.3) is 11.6 Å². The van der Waals surface area contributed by atoms with Gasteiger partial charge in [0.15, 0.2) is 0 Å². The topological polar surface area (TPSA) is 64.7 Å². The molecule has 0 saturated carbocycles. The van der Waals surface area contributed by atoms with Crippen molar-refractivity contribution in [2.75, 3.05) is 0 Å². The van der Waals surface area contributed by atoms with Gasteiger partial charge in [-0.15, -0.1) is 0 Å². The van der Waals surface area contributed by atoms with Crippen LogP contribution in [-0.2, 0) is 0 Å². The van der Waals surface area contributed by atoms with Crippen molar-refractivity contribution in [3.63, 3.8) is 0 Å². The zero-order valence-corrected chi connectivity index (χ0v) is 6.43. The van der Waals surface area contributed by atoms with Gasteiger partial charge in [-0.1, -0.05) is 5.16 Å². The highest BCUT2D eigenvalue weighted by Crippen LogP contribution is 2.07. The monoisotopic (exact) mass is 162 g/mol. The maximum Gasteiger partial charge on any atom is 0.240 e. The zero-order valence-electron chi connectivity index (χ0n) is 6.43. The van der Waals surface area contributed by atoms with Gasteiger partial charge in [0.25, 0.3) is 0 Å². The van der Waals surface area contributed by atoms with Gasteiger partial charge in [0.05, 0.1) is 0 Å². The fourth-order valence-electron chi connectivity index (χ4n) is 0.805. The minimum absolute atomic E-state index is 0.424. The van der Waals surface area contributed by atoms with Gasteiger partial charge >= 0.3 is 0 Å². The Balaban J connectivity index is 2.45. The molecule has 12 heavy (non-hydrogen) atoms. The van der Waals surface area contributed by atoms with Crippen LogP contribution in [-0.4, -0.2) is 20.1 Å². The molecule has 0 bridgehead atoms. The highest BCUT2D eigenvalue weighted by molar-refractivity contribution is 5.39. The second-order valence-electron chi connectivity index (χ2n) is 2.21. The molecule has 0 radical (unpaired) electrons. The van der Waals surface area contributed by atoms with E-state index >= 15 is 0 Å². The minimum atomic E-state index is 0.424. The lowest BCUT2D eigenvalue weighted by Crippen LogP contribution is -1.88. The van der Waals surface area contributed by atoms with Crippen LogP contribution in [0.2, 0.25) is 0 Å². The van der Waals surface area contributed by atoms with Crippen LogP contribution in [0.4, 0.5) is 0 Å². The maximum atomic E-state index is 4.78. The van der Waals surface area contributed by atoms with Gasteiger partial charge in [0.1, 0.15) is 0 Å². The van der Waals surface area contributed by atoms with Gasteiger partial charge in [-0.25, -0.2) is 9.97 Å². The van der Waals surface area contributed by atoms with Crippen molar-refractivity contribution in [1.29, 1.82) is 0 Å². The van der Waals surface area contributed by atoms with Gasteiger partial charge in [0.2, 0.25) is 17.5 Å². The smallest absolute Gasteiger partial charge is 0.240 e. The largest absolute Gasteiger partial charge is 0.339 e. The molecule has 2 aromatic rings. The maximum absolute atomic E-state index is 4.78. The van der Waals surface area contributed by atoms with E-state index in [1.54, 1.807) is 25.4 Å². The van der Waals surface area contributed by atoms with E-state index in [0.29, 0.717) is 17.5 Å². The van der Waals surface area contributed by atoms with Crippen molar-refractivity contribution in [3.05, 3.63) is 24.4 Å². The zero-order chi connectivity index (χ0) is 8.39. The van der Waals surface area contributed by atoms with Crippen LogP contribution in [0.5, 0.6) is 0 Å². The summed E-state index contributed by atoms with van der Waals surface area (Å²) in [5.41, 5.74) is 0. The van der Waals surface area contributed by atoms with Crippen LogP contribution in [0.3, 0.4) is 0 Å². The van der Waals surface area contributed by atoms with Crippen LogP contribution < -0.4 is 0 Å². The molecule has 0 aliphatic rings. The number of aromatic nitrogens is 4. The quantitative estimate of drug-likeness (QED) is 0.621. The Labute approximate surface area is 68.5 Å². The third-order valence-electron chi connectivity index (χ3n) is 1.29. The minimum Gasteiger partial charge on any atom is -0.339 e. The first-order valence-corrected chi connectivity index (χ1v) is 3.44. The number of hydrogen-bond acceptors (Lipinski definition) is 5. The van der Waals surface area contributed by atoms with Crippen molar-refractivity contribution in [2.24, 2.45) is 0 Å². The second kappa shape index (κ2) is 2.69. The van der Waals surface area contributed by atoms with E-state index in [4.69, 9.17) is 4.52 Å². The molecule has 0 atom stereocenters. The highest BCUT2D eigenvalue weighted by atomic mass is 16.5. The molecule has 0 saturated heterocycles. The summed E-state index contributed by atoms with van der Waals surface area (Å²) in [6, 6.07) is 1.73. The Morgan fingerprint density at radius 2 is 1.92 bits per heavy atom. The molecule has 0 unspecified atom stereocenters. The summed E-state index contributed by atoms with van der Waals surface area (Å²) in [7, 11) is 0. The van der Waals surface area contributed by atoms with Crippen LogP contribution in [0.15, 0.2) is 23.0 Å². The van der Waals surface area contributed by atoms with E-state index in [2.05, 4.69) is 20.1 Å². The van der Waals surface area contributed by atoms with Crippen molar-refractivity contribution < 1.29 is 4.52 Å². The van der Waals surface area contributed by atoms with E-state index in [-0.39, 0.29) is 0 Å². The summed E-state index contributed by atoms with van der Waals surface area (Å²) in [6.45, 7) is 1.72. The summed E-state index contributed by atoms with van der Waals surface area (Å²) >= 11 is 0. The molecule has 0 aliphatic carbocycles. The highest BCUT2D eigenvalue weighted by Gasteiger charge is 2.06. The molecule has 5 heteroatoms. The van der Waals surface area contributed by atoms with Gasteiger partial charge in [-0.2, -0.15) is 4.98 Å². The molecular formula is C7H6N4O. The van der Waals surface area contributed by atoms with Crippen molar-refractivity contribution in [1.82, 2.24) is 20.1 Å². The summed E-state index contributed by atoms with van der Waals surface area (Å²) in [6.07, 6.45) is 3.27. The normalized spacial score (nSPS) is 10.1. The predicted molar refractivity (Wildman–Crippen MR) is 40.1 cm³/mol. The van der Waals surface area contributed by atoms with Crippen molar-refractivity contribution in [2.45, 2.75) is 6.92 Å². The van der Waals surface area contributed by atoms with Crippen LogP contribution in [0.1, 0.15) is 5.89 Å². The van der Waals surface area contributed by atoms with E-state index in [0.717, 1.165) is 0 Å². The lowest BCUT2D eigenvalue weighted by Gasteiger charge is -1.87. The van der Waals surface area contributed by atoms with Crippen LogP contribution >= 0.6 is 0 Å². The summed E-state index contributed by atoms with van der Waals surface area (Å²) in [5, 5.41) is 3.67. The molecule has 2 heterocycles. The molecule has 0 aromatic carbocycles. The fraction of sp³-hybridized carbons (Fsp3) is 0.143. The number of hydrogen-bond donors (Lipinski definition) is 0. The first kappa shape index (κ1) is 6.90. The summed E-state index contributed by atoms with van der Waals surface area (Å²) in [4.78, 5) is 11.9. The Hall–Kier alpha value is -1.78. The SMILES string of the molecule is Cc1nc(-c2ncccn2)no1. The van der Waals surface area contributed by atoms with E-state index in [1.165, 1.54) is 0 Å². The number of aryl methyl sites for hydroxylation is 1. The molecular weight excluding hydrogens is 156 g/mol. The average Bonchev–Trinajstić information content (AvgIpc) is 2.54. The Bertz CT molecular complexity index is 370. The first-order chi connectivity index (χ1) is 5.86. The third kappa shape index (κ3) is 1.16. The Kier molecular flexibility index (Phi) is 1.55. The number of nitrogens with zero attached hydrogens (tertiary/aromatic N) is 4. The average molecular weight is 162 g/mol. The van der Waals surface area contributed by atoms with Crippen molar-refractivity contribution in [3.8, 4) is 11.6 Å². The van der Waals surface area contributed by atoms with Crippen LogP contribution in [0, 0.1) is 6.92 Å².